The first-order valence-corrected chi connectivity index (χ1v) is 27.6. The summed E-state index contributed by atoms with van der Waals surface area (Å²) in [6.45, 7) is -2.63. The van der Waals surface area contributed by atoms with E-state index >= 15 is 4.57 Å². The van der Waals surface area contributed by atoms with Crippen LogP contribution in [0.2, 0.25) is 0 Å². The Hall–Kier alpha value is -4.37. The summed E-state index contributed by atoms with van der Waals surface area (Å²) in [4.78, 5) is 109. The van der Waals surface area contributed by atoms with Gasteiger partial charge in [0, 0.05) is 68.4 Å². The highest BCUT2D eigenvalue weighted by molar-refractivity contribution is 7.49. The van der Waals surface area contributed by atoms with Crippen LogP contribution in [-0.4, -0.2) is 151 Å². The van der Waals surface area contributed by atoms with Crippen LogP contribution in [0.15, 0.2) is 0 Å². The van der Waals surface area contributed by atoms with Gasteiger partial charge in [-0.25, -0.2) is 54.5 Å². The van der Waals surface area contributed by atoms with Gasteiger partial charge in [0.1, 0.15) is 30.5 Å². The summed E-state index contributed by atoms with van der Waals surface area (Å²) >= 11 is 0. The van der Waals surface area contributed by atoms with Crippen molar-refractivity contribution in [2.75, 3.05) is 61.0 Å². The van der Waals surface area contributed by atoms with Gasteiger partial charge in [-0.3, -0.25) is 61.2 Å². The highest BCUT2D eigenvalue weighted by Crippen LogP contribution is 2.64. The summed E-state index contributed by atoms with van der Waals surface area (Å²) in [5, 5.41) is 0. The largest absolute Gasteiger partial charge is 0.481 e. The lowest BCUT2D eigenvalue weighted by Gasteiger charge is -2.57. The predicted molar refractivity (Wildman–Crippen MR) is 234 cm³/mol. The number of hydrogen-bond donors (Lipinski definition) is 0. The van der Waals surface area contributed by atoms with E-state index in [4.69, 9.17) is 102 Å². The van der Waals surface area contributed by atoms with Crippen LogP contribution in [0.4, 0.5) is 0 Å². The Morgan fingerprint density at radius 3 is 0.987 bits per heavy atom. The molecular weight excluding hydrogens is 1130 g/mol. The summed E-state index contributed by atoms with van der Waals surface area (Å²) in [6, 6.07) is 0. The maximum absolute atomic E-state index is 15.0. The van der Waals surface area contributed by atoms with Gasteiger partial charge in [0.15, 0.2) is 5.60 Å². The molecule has 6 atom stereocenters. The molecule has 1 saturated carbocycles. The molecule has 2 aliphatic rings. The molecule has 1 aliphatic carbocycles. The number of rotatable bonds is 35. The molecule has 0 aromatic carbocycles. The highest BCUT2D eigenvalue weighted by atomic mass is 31.2. The number of esters is 9. The Morgan fingerprint density at radius 2 is 0.697 bits per heavy atom. The minimum absolute atomic E-state index is 0.0297. The van der Waals surface area contributed by atoms with Crippen molar-refractivity contribution >= 4 is 85.0 Å². The van der Waals surface area contributed by atoms with Crippen LogP contribution in [0, 0.1) is 0 Å². The molecule has 6 unspecified atom stereocenters. The number of carbonyl (C=O) groups is 9. The first kappa shape index (κ1) is 67.7. The smallest absolute Gasteiger partial charge is 0.453 e. The average molecular weight is 1190 g/mol. The lowest BCUT2D eigenvalue weighted by Crippen LogP contribution is -2.75. The molecule has 0 N–H and O–H groups in total. The molecule has 0 radical (unpaired) electrons. The molecule has 2 rings (SSSR count). The fraction of sp³-hybridized carbons (Fsp3) is 0.757. The molecule has 0 aromatic heterocycles. The fourth-order valence-electron chi connectivity index (χ4n) is 5.83. The molecule has 1 saturated heterocycles. The second-order valence-electron chi connectivity index (χ2n) is 14.7. The minimum Gasteiger partial charge on any atom is -0.453 e. The second-order valence-corrected chi connectivity index (χ2v) is 21.1. The highest BCUT2D eigenvalue weighted by Gasteiger charge is 2.70. The zero-order valence-corrected chi connectivity index (χ0v) is 45.7. The van der Waals surface area contributed by atoms with E-state index < -0.39 is 195 Å². The van der Waals surface area contributed by atoms with Gasteiger partial charge in [-0.2, -0.15) is 0 Å². The Morgan fingerprint density at radius 1 is 0.421 bits per heavy atom. The van der Waals surface area contributed by atoms with E-state index in [1.54, 1.807) is 0 Å². The molecule has 436 valence electrons. The molecule has 0 aromatic rings. The van der Waals surface area contributed by atoms with Crippen molar-refractivity contribution in [3.63, 3.8) is 0 Å². The van der Waals surface area contributed by atoms with Crippen molar-refractivity contribution in [2.24, 2.45) is 0 Å². The number of ether oxygens (including phenoxy) is 10. The minimum atomic E-state index is -5.82. The Bertz CT molecular complexity index is 2110. The van der Waals surface area contributed by atoms with E-state index in [0.29, 0.717) is 0 Å². The molecule has 0 bridgehead atoms. The number of carbonyl (C=O) groups excluding carboxylic acids is 9. The molecule has 0 amide bonds. The average Bonchev–Trinajstić information content (AvgIpc) is 3.28. The van der Waals surface area contributed by atoms with Gasteiger partial charge in [-0.1, -0.05) is 6.92 Å². The van der Waals surface area contributed by atoms with Gasteiger partial charge in [0.25, 0.3) is 0 Å². The van der Waals surface area contributed by atoms with Gasteiger partial charge in [0.05, 0.1) is 0 Å². The van der Waals surface area contributed by atoms with E-state index in [1.807, 2.05) is 0 Å². The SMILES string of the molecule is CCCC(=O)OC12CCCOC1C(OP(=O)(OCOC(C)=O)OCOC(C)=O)C(OP(=O)(OCOC(C)=O)OCOC(C)=O)C(OP(=O)(OCOC(C)=O)OCOC(C)=O)C2OP(=O)(OCOC(C)=O)OCOC(C)=O. The zero-order valence-electron chi connectivity index (χ0n) is 42.2. The lowest BCUT2D eigenvalue weighted by atomic mass is 9.71. The summed E-state index contributed by atoms with van der Waals surface area (Å²) in [6.07, 6.45) is -14.6. The van der Waals surface area contributed by atoms with Gasteiger partial charge < -0.3 is 47.4 Å². The van der Waals surface area contributed by atoms with E-state index in [1.165, 1.54) is 6.92 Å². The van der Waals surface area contributed by atoms with Crippen molar-refractivity contribution in [1.82, 2.24) is 0 Å². The van der Waals surface area contributed by atoms with Crippen LogP contribution in [0.5, 0.6) is 0 Å². The quantitative estimate of drug-likeness (QED) is 0.0379. The van der Waals surface area contributed by atoms with Gasteiger partial charge >= 0.3 is 85.0 Å². The third-order valence-electron chi connectivity index (χ3n) is 8.75. The number of fused-ring (bicyclic) bond motifs is 1. The number of phosphoric acid groups is 4. The monoisotopic (exact) mass is 1190 g/mol. The Kier molecular flexibility index (Phi) is 29.0. The Balaban J connectivity index is 3.40. The molecule has 76 heavy (non-hydrogen) atoms. The van der Waals surface area contributed by atoms with Crippen molar-refractivity contribution in [3.05, 3.63) is 0 Å². The van der Waals surface area contributed by atoms with Crippen LogP contribution in [0.3, 0.4) is 0 Å². The summed E-state index contributed by atoms with van der Waals surface area (Å²) in [5.41, 5.74) is -2.82. The first-order chi connectivity index (χ1) is 35.5. The Labute approximate surface area is 432 Å². The van der Waals surface area contributed by atoms with E-state index in [2.05, 4.69) is 0 Å². The van der Waals surface area contributed by atoms with Crippen molar-refractivity contribution in [2.45, 2.75) is 124 Å². The van der Waals surface area contributed by atoms with Gasteiger partial charge in [-0.15, -0.1) is 0 Å². The van der Waals surface area contributed by atoms with E-state index in [0.717, 1.165) is 55.4 Å². The number of hydrogen-bond acceptors (Lipinski definition) is 35. The van der Waals surface area contributed by atoms with Crippen LogP contribution >= 0.6 is 31.3 Å². The normalized spacial score (nSPS) is 20.7. The fourth-order valence-corrected chi connectivity index (χ4v) is 10.2. The third-order valence-corrected chi connectivity index (χ3v) is 14.1. The van der Waals surface area contributed by atoms with Crippen LogP contribution < -0.4 is 0 Å². The molecular formula is C37H58O35P4. The summed E-state index contributed by atoms with van der Waals surface area (Å²) in [7, 11) is -23.0. The molecule has 1 heterocycles. The predicted octanol–water partition coefficient (Wildman–Crippen LogP) is 3.53. The van der Waals surface area contributed by atoms with Gasteiger partial charge in [-0.05, 0) is 19.3 Å². The molecule has 1 aliphatic heterocycles. The third kappa shape index (κ3) is 24.5. The van der Waals surface area contributed by atoms with Crippen molar-refractivity contribution in [1.29, 1.82) is 0 Å². The van der Waals surface area contributed by atoms with Crippen molar-refractivity contribution in [3.8, 4) is 0 Å². The van der Waals surface area contributed by atoms with E-state index in [9.17, 15) is 56.8 Å². The van der Waals surface area contributed by atoms with Crippen LogP contribution in [-0.2, 0) is 163 Å². The lowest BCUT2D eigenvalue weighted by molar-refractivity contribution is -0.292. The van der Waals surface area contributed by atoms with Crippen LogP contribution in [0.25, 0.3) is 0 Å². The maximum atomic E-state index is 15.0. The van der Waals surface area contributed by atoms with E-state index in [-0.39, 0.29) is 12.8 Å². The standard InChI is InChI=1S/C37H58O35P4/c1-10-12-31(46)68-37-13-11-14-51-35(37)33(70-74(48,62-17-54-25(4)40)63-18-55-26(5)41)32(69-73(47,60-15-52-23(2)38)61-16-53-24(3)39)34(71-75(49,64-19-56-27(6)42)65-20-57-28(7)43)36(37)72-76(50,66-21-58-29(8)44)67-22-59-30(9)45/h32-36H,10-22H2,1-9H3. The summed E-state index contributed by atoms with van der Waals surface area (Å²) < 4.78 is 176. The molecule has 35 nitrogen and oxygen atoms in total. The molecule has 2 fully saturated rings. The van der Waals surface area contributed by atoms with Crippen molar-refractivity contribution < 1.29 is 163 Å². The number of phosphoric ester groups is 4. The summed E-state index contributed by atoms with van der Waals surface area (Å²) in [5.74, 6) is -9.75. The maximum Gasteiger partial charge on any atom is 0.481 e. The topological polar surface area (TPSA) is 425 Å². The first-order valence-electron chi connectivity index (χ1n) is 21.7. The van der Waals surface area contributed by atoms with Gasteiger partial charge in [0.2, 0.25) is 54.3 Å². The van der Waals surface area contributed by atoms with Crippen LogP contribution in [0.1, 0.15) is 88.0 Å². The second kappa shape index (κ2) is 32.5. The zero-order chi connectivity index (χ0) is 57.3. The molecule has 0 spiro atoms. The molecule has 39 heteroatoms.